The zero-order chi connectivity index (χ0) is 11.8. The quantitative estimate of drug-likeness (QED) is 0.807. The van der Waals surface area contributed by atoms with Crippen molar-refractivity contribution in [1.29, 1.82) is 0 Å². The predicted octanol–water partition coefficient (Wildman–Crippen LogP) is 1.56. The molecule has 1 unspecified atom stereocenters. The third kappa shape index (κ3) is 1.82. The first-order valence-electron chi connectivity index (χ1n) is 5.13. The number of hydrogen-bond donors (Lipinski definition) is 2. The van der Waals surface area contributed by atoms with Crippen LogP contribution in [0.3, 0.4) is 0 Å². The third-order valence-corrected chi connectivity index (χ3v) is 2.99. The van der Waals surface area contributed by atoms with Crippen molar-refractivity contribution in [1.82, 2.24) is 0 Å². The fourth-order valence-electron chi connectivity index (χ4n) is 1.97. The monoisotopic (exact) mass is 228 g/mol. The highest BCUT2D eigenvalue weighted by Gasteiger charge is 2.42. The molecule has 3 nitrogen and oxygen atoms in total. The lowest BCUT2D eigenvalue weighted by molar-refractivity contribution is 0.0655. The second-order valence-corrected chi connectivity index (χ2v) is 4.19. The Morgan fingerprint density at radius 1 is 1.38 bits per heavy atom. The summed E-state index contributed by atoms with van der Waals surface area (Å²) < 4.78 is 25.4. The summed E-state index contributed by atoms with van der Waals surface area (Å²) in [5.41, 5.74) is 4.72. The molecule has 1 aromatic rings. The number of alkyl halides is 2. The lowest BCUT2D eigenvalue weighted by atomic mass is 10.0. The van der Waals surface area contributed by atoms with Gasteiger partial charge in [0.25, 0.3) is 6.43 Å². The maximum absolute atomic E-state index is 12.7. The van der Waals surface area contributed by atoms with Gasteiger partial charge in [-0.15, -0.1) is 0 Å². The lowest BCUT2D eigenvalue weighted by Gasteiger charge is -2.24. The minimum atomic E-state index is -2.54. The largest absolute Gasteiger partial charge is 0.506 e. The Morgan fingerprint density at radius 2 is 2.06 bits per heavy atom. The van der Waals surface area contributed by atoms with Gasteiger partial charge in [0, 0.05) is 13.1 Å². The molecule has 0 amide bonds. The minimum Gasteiger partial charge on any atom is -0.506 e. The van der Waals surface area contributed by atoms with E-state index in [-0.39, 0.29) is 18.7 Å². The summed E-state index contributed by atoms with van der Waals surface area (Å²) >= 11 is 0. The van der Waals surface area contributed by atoms with E-state index in [9.17, 15) is 13.9 Å². The van der Waals surface area contributed by atoms with Gasteiger partial charge in [-0.25, -0.2) is 8.78 Å². The van der Waals surface area contributed by atoms with Crippen LogP contribution >= 0.6 is 0 Å². The smallest absolute Gasteiger partial charge is 0.258 e. The summed E-state index contributed by atoms with van der Waals surface area (Å²) in [5.74, 6) is 0.0982. The molecule has 2 rings (SSSR count). The van der Waals surface area contributed by atoms with Crippen molar-refractivity contribution in [3.8, 4) is 5.75 Å². The number of halogens is 2. The number of nitrogens with zero attached hydrogens (tertiary/aromatic N) is 1. The number of rotatable bonds is 2. The van der Waals surface area contributed by atoms with Gasteiger partial charge in [0.1, 0.15) is 5.75 Å². The fourth-order valence-corrected chi connectivity index (χ4v) is 1.97. The first kappa shape index (κ1) is 11.1. The number of phenols is 1. The van der Waals surface area contributed by atoms with Gasteiger partial charge in [0.15, 0.2) is 0 Å². The normalized spacial score (nSPS) is 25.4. The predicted molar refractivity (Wildman–Crippen MR) is 57.9 cm³/mol. The Morgan fingerprint density at radius 3 is 2.62 bits per heavy atom. The molecule has 0 aliphatic carbocycles. The van der Waals surface area contributed by atoms with Crippen LogP contribution in [0.1, 0.15) is 6.42 Å². The van der Waals surface area contributed by atoms with Gasteiger partial charge in [-0.2, -0.15) is 0 Å². The third-order valence-electron chi connectivity index (χ3n) is 2.99. The van der Waals surface area contributed by atoms with E-state index in [1.165, 1.54) is 6.07 Å². The Kier molecular flexibility index (Phi) is 2.71. The molecule has 0 radical (unpaired) electrons. The number of anilines is 1. The molecule has 1 saturated heterocycles. The molecule has 5 heteroatoms. The van der Waals surface area contributed by atoms with Crippen molar-refractivity contribution in [3.05, 3.63) is 24.3 Å². The number of hydrogen-bond acceptors (Lipinski definition) is 3. The van der Waals surface area contributed by atoms with Gasteiger partial charge in [-0.1, -0.05) is 12.1 Å². The molecule has 1 fully saturated rings. The van der Waals surface area contributed by atoms with Crippen LogP contribution in [-0.2, 0) is 0 Å². The van der Waals surface area contributed by atoms with Crippen LogP contribution in [0.25, 0.3) is 0 Å². The van der Waals surface area contributed by atoms with Crippen LogP contribution in [0.4, 0.5) is 14.5 Å². The number of para-hydroxylation sites is 2. The summed E-state index contributed by atoms with van der Waals surface area (Å²) in [4.78, 5) is 1.70. The van der Waals surface area contributed by atoms with Crippen molar-refractivity contribution >= 4 is 5.69 Å². The van der Waals surface area contributed by atoms with Crippen LogP contribution < -0.4 is 10.6 Å². The highest BCUT2D eigenvalue weighted by molar-refractivity contribution is 5.58. The van der Waals surface area contributed by atoms with Gasteiger partial charge < -0.3 is 15.7 Å². The highest BCUT2D eigenvalue weighted by atomic mass is 19.3. The average molecular weight is 228 g/mol. The summed E-state index contributed by atoms with van der Waals surface area (Å²) in [6, 6.07) is 6.69. The molecule has 0 aromatic heterocycles. The van der Waals surface area contributed by atoms with Crippen molar-refractivity contribution in [3.63, 3.8) is 0 Å². The summed E-state index contributed by atoms with van der Waals surface area (Å²) in [7, 11) is 0. The number of benzene rings is 1. The van der Waals surface area contributed by atoms with E-state index in [0.29, 0.717) is 12.2 Å². The second kappa shape index (κ2) is 3.90. The number of phenolic OH excluding ortho intramolecular Hbond substituents is 1. The minimum absolute atomic E-state index is 0.0717. The topological polar surface area (TPSA) is 49.5 Å². The van der Waals surface area contributed by atoms with Gasteiger partial charge in [0.05, 0.1) is 11.2 Å². The van der Waals surface area contributed by atoms with Crippen LogP contribution in [-0.4, -0.2) is 30.2 Å². The molecule has 0 saturated carbocycles. The first-order valence-corrected chi connectivity index (χ1v) is 5.13. The molecule has 3 N–H and O–H groups in total. The zero-order valence-corrected chi connectivity index (χ0v) is 8.74. The Hall–Kier alpha value is -1.36. The second-order valence-electron chi connectivity index (χ2n) is 4.19. The lowest BCUT2D eigenvalue weighted by Crippen LogP contribution is -2.49. The molecule has 0 spiro atoms. The Labute approximate surface area is 92.5 Å². The molecule has 1 heterocycles. The molecule has 1 aromatic carbocycles. The molecular formula is C11H14F2N2O. The number of aromatic hydroxyl groups is 1. The van der Waals surface area contributed by atoms with Gasteiger partial charge >= 0.3 is 0 Å². The Bertz CT molecular complexity index is 386. The van der Waals surface area contributed by atoms with Gasteiger partial charge in [-0.3, -0.25) is 0 Å². The first-order chi connectivity index (χ1) is 7.53. The molecule has 1 aliphatic heterocycles. The van der Waals surface area contributed by atoms with Crippen molar-refractivity contribution in [2.75, 3.05) is 18.0 Å². The van der Waals surface area contributed by atoms with E-state index in [0.717, 1.165) is 0 Å². The average Bonchev–Trinajstić information content (AvgIpc) is 2.63. The molecule has 1 aliphatic rings. The molecule has 88 valence electrons. The Balaban J connectivity index is 2.18. The SMILES string of the molecule is NC1(C(F)F)CCN(c2ccccc2O)C1. The van der Waals surface area contributed by atoms with Gasteiger partial charge in [-0.05, 0) is 18.6 Å². The fraction of sp³-hybridized carbons (Fsp3) is 0.455. The maximum atomic E-state index is 12.7. The molecule has 16 heavy (non-hydrogen) atoms. The van der Waals surface area contributed by atoms with E-state index in [2.05, 4.69) is 0 Å². The van der Waals surface area contributed by atoms with Crippen LogP contribution in [0.2, 0.25) is 0 Å². The van der Waals surface area contributed by atoms with Gasteiger partial charge in [0.2, 0.25) is 0 Å². The standard InChI is InChI=1S/C11H14F2N2O/c12-10(13)11(14)5-6-15(7-11)8-3-1-2-4-9(8)16/h1-4,10,16H,5-7,14H2. The summed E-state index contributed by atoms with van der Waals surface area (Å²) in [5, 5.41) is 9.61. The maximum Gasteiger partial charge on any atom is 0.258 e. The number of nitrogens with two attached hydrogens (primary N) is 1. The highest BCUT2D eigenvalue weighted by Crippen LogP contribution is 2.33. The van der Waals surface area contributed by atoms with Crippen LogP contribution in [0.15, 0.2) is 24.3 Å². The van der Waals surface area contributed by atoms with Crippen LogP contribution in [0.5, 0.6) is 5.75 Å². The van der Waals surface area contributed by atoms with E-state index in [1.807, 2.05) is 0 Å². The van der Waals surface area contributed by atoms with Crippen molar-refractivity contribution in [2.45, 2.75) is 18.4 Å². The van der Waals surface area contributed by atoms with E-state index < -0.39 is 12.0 Å². The van der Waals surface area contributed by atoms with E-state index in [1.54, 1.807) is 23.1 Å². The van der Waals surface area contributed by atoms with Crippen molar-refractivity contribution < 1.29 is 13.9 Å². The molecular weight excluding hydrogens is 214 g/mol. The van der Waals surface area contributed by atoms with E-state index >= 15 is 0 Å². The zero-order valence-electron chi connectivity index (χ0n) is 8.74. The molecule has 1 atom stereocenters. The summed E-state index contributed by atoms with van der Waals surface area (Å²) in [6.07, 6.45) is -2.30. The van der Waals surface area contributed by atoms with E-state index in [4.69, 9.17) is 5.73 Å². The van der Waals surface area contributed by atoms with Crippen LogP contribution in [0, 0.1) is 0 Å². The van der Waals surface area contributed by atoms with Crippen molar-refractivity contribution in [2.24, 2.45) is 5.73 Å². The summed E-state index contributed by atoms with van der Waals surface area (Å²) in [6.45, 7) is 0.515. The molecule has 0 bridgehead atoms.